The van der Waals surface area contributed by atoms with Gasteiger partial charge in [-0.2, -0.15) is 23.5 Å². The molecule has 1 heterocycles. The van der Waals surface area contributed by atoms with Gasteiger partial charge in [0.2, 0.25) is 0 Å². The van der Waals surface area contributed by atoms with Crippen molar-refractivity contribution in [3.05, 3.63) is 6.92 Å². The van der Waals surface area contributed by atoms with Crippen LogP contribution in [0.15, 0.2) is 0 Å². The first-order valence-electron chi connectivity index (χ1n) is 2.92. The normalized spacial score (nSPS) is 30.4. The molecule has 0 N–H and O–H groups in total. The molecular formula is C6H11S2. The zero-order valence-corrected chi connectivity index (χ0v) is 6.56. The molecule has 0 aromatic rings. The number of hydrogen-bond acceptors (Lipinski definition) is 2. The highest BCUT2D eigenvalue weighted by molar-refractivity contribution is 8.06. The van der Waals surface area contributed by atoms with Gasteiger partial charge in [-0.15, -0.1) is 0 Å². The van der Waals surface area contributed by atoms with Crippen LogP contribution in [0.3, 0.4) is 0 Å². The fourth-order valence-corrected chi connectivity index (χ4v) is 3.33. The van der Waals surface area contributed by atoms with Gasteiger partial charge in [-0.1, -0.05) is 6.92 Å². The molecule has 0 spiro atoms. The summed E-state index contributed by atoms with van der Waals surface area (Å²) < 4.78 is 0. The van der Waals surface area contributed by atoms with Gasteiger partial charge in [-0.05, 0) is 6.42 Å². The Bertz CT molecular complexity index is 57.5. The molecule has 0 aliphatic carbocycles. The highest BCUT2D eigenvalue weighted by atomic mass is 32.2. The van der Waals surface area contributed by atoms with Crippen molar-refractivity contribution < 1.29 is 0 Å². The summed E-state index contributed by atoms with van der Waals surface area (Å²) in [5.74, 6) is 4.01. The molecule has 1 saturated heterocycles. The molecule has 2 heteroatoms. The van der Waals surface area contributed by atoms with Gasteiger partial charge in [0.1, 0.15) is 0 Å². The van der Waals surface area contributed by atoms with Crippen LogP contribution in [0.5, 0.6) is 0 Å². The van der Waals surface area contributed by atoms with Crippen molar-refractivity contribution in [2.75, 3.05) is 17.3 Å². The van der Waals surface area contributed by atoms with E-state index in [9.17, 15) is 0 Å². The molecule has 1 aliphatic heterocycles. The van der Waals surface area contributed by atoms with Crippen LogP contribution in [-0.4, -0.2) is 22.5 Å². The van der Waals surface area contributed by atoms with Crippen LogP contribution >= 0.6 is 23.5 Å². The summed E-state index contributed by atoms with van der Waals surface area (Å²) in [6.07, 6.45) is 1.11. The Labute approximate surface area is 59.8 Å². The van der Waals surface area contributed by atoms with E-state index in [-0.39, 0.29) is 0 Å². The molecule has 0 saturated carbocycles. The summed E-state index contributed by atoms with van der Waals surface area (Å²) >= 11 is 4.15. The predicted molar refractivity (Wildman–Crippen MR) is 43.5 cm³/mol. The molecule has 0 aromatic heterocycles. The second-order valence-electron chi connectivity index (χ2n) is 1.86. The van der Waals surface area contributed by atoms with E-state index in [2.05, 4.69) is 30.4 Å². The standard InChI is InChI=1S/C6H11S2/c1-2-6-5-7-3-4-8-6/h6H,1-5H2. The minimum atomic E-state index is 0.855. The number of thioether (sulfide) groups is 2. The molecule has 47 valence electrons. The average Bonchev–Trinajstić information content (AvgIpc) is 1.90. The van der Waals surface area contributed by atoms with Crippen LogP contribution in [0.4, 0.5) is 0 Å². The van der Waals surface area contributed by atoms with Gasteiger partial charge >= 0.3 is 0 Å². The lowest BCUT2D eigenvalue weighted by atomic mass is 10.4. The molecule has 0 aromatic carbocycles. The summed E-state index contributed by atoms with van der Waals surface area (Å²) in [5, 5.41) is 0.855. The molecule has 0 nitrogen and oxygen atoms in total. The summed E-state index contributed by atoms with van der Waals surface area (Å²) in [4.78, 5) is 0. The van der Waals surface area contributed by atoms with Gasteiger partial charge < -0.3 is 0 Å². The lowest BCUT2D eigenvalue weighted by molar-refractivity contribution is 0.984. The van der Waals surface area contributed by atoms with Crippen LogP contribution in [0, 0.1) is 6.92 Å². The molecule has 1 rings (SSSR count). The van der Waals surface area contributed by atoms with Crippen molar-refractivity contribution in [2.45, 2.75) is 11.7 Å². The summed E-state index contributed by atoms with van der Waals surface area (Å²) in [5.41, 5.74) is 0. The third-order valence-electron chi connectivity index (χ3n) is 1.21. The van der Waals surface area contributed by atoms with Crippen LogP contribution in [0.2, 0.25) is 0 Å². The Morgan fingerprint density at radius 1 is 1.50 bits per heavy atom. The van der Waals surface area contributed by atoms with Crippen LogP contribution in [-0.2, 0) is 0 Å². The third-order valence-corrected chi connectivity index (χ3v) is 4.12. The van der Waals surface area contributed by atoms with E-state index in [1.807, 2.05) is 0 Å². The van der Waals surface area contributed by atoms with E-state index < -0.39 is 0 Å². The lowest BCUT2D eigenvalue weighted by Gasteiger charge is -2.18. The van der Waals surface area contributed by atoms with Crippen molar-refractivity contribution in [3.63, 3.8) is 0 Å². The maximum atomic E-state index is 3.88. The van der Waals surface area contributed by atoms with Crippen molar-refractivity contribution in [2.24, 2.45) is 0 Å². The maximum Gasteiger partial charge on any atom is 0.0138 e. The van der Waals surface area contributed by atoms with Crippen LogP contribution in [0.1, 0.15) is 6.42 Å². The SMILES string of the molecule is [CH2]CC1CSCCS1. The first kappa shape index (κ1) is 6.81. The molecule has 1 unspecified atom stereocenters. The van der Waals surface area contributed by atoms with E-state index in [4.69, 9.17) is 0 Å². The Balaban J connectivity index is 2.13. The topological polar surface area (TPSA) is 0 Å². The van der Waals surface area contributed by atoms with Gasteiger partial charge in [0.25, 0.3) is 0 Å². The van der Waals surface area contributed by atoms with Gasteiger partial charge in [0.05, 0.1) is 0 Å². The van der Waals surface area contributed by atoms with Gasteiger partial charge in [-0.3, -0.25) is 0 Å². The quantitative estimate of drug-likeness (QED) is 0.557. The largest absolute Gasteiger partial charge is 0.160 e. The number of hydrogen-bond donors (Lipinski definition) is 0. The van der Waals surface area contributed by atoms with Gasteiger partial charge in [-0.25, -0.2) is 0 Å². The zero-order chi connectivity index (χ0) is 5.82. The molecule has 1 aliphatic rings. The molecule has 1 atom stereocenters. The smallest absolute Gasteiger partial charge is 0.0138 e. The van der Waals surface area contributed by atoms with E-state index in [1.54, 1.807) is 0 Å². The lowest BCUT2D eigenvalue weighted by Crippen LogP contribution is -2.11. The monoisotopic (exact) mass is 147 g/mol. The summed E-state index contributed by atoms with van der Waals surface area (Å²) in [7, 11) is 0. The van der Waals surface area contributed by atoms with Crippen molar-refractivity contribution in [1.82, 2.24) is 0 Å². The van der Waals surface area contributed by atoms with Crippen molar-refractivity contribution in [3.8, 4) is 0 Å². The Morgan fingerprint density at radius 3 is 2.75 bits per heavy atom. The Kier molecular flexibility index (Phi) is 3.13. The van der Waals surface area contributed by atoms with Crippen molar-refractivity contribution >= 4 is 23.5 Å². The van der Waals surface area contributed by atoms with E-state index >= 15 is 0 Å². The summed E-state index contributed by atoms with van der Waals surface area (Å²) in [6.45, 7) is 3.88. The molecule has 1 fully saturated rings. The molecule has 0 bridgehead atoms. The molecule has 1 radical (unpaired) electrons. The van der Waals surface area contributed by atoms with E-state index in [0.29, 0.717) is 0 Å². The molecular weight excluding hydrogens is 136 g/mol. The minimum Gasteiger partial charge on any atom is -0.160 e. The number of rotatable bonds is 1. The maximum absolute atomic E-state index is 3.88. The van der Waals surface area contributed by atoms with Crippen LogP contribution in [0.25, 0.3) is 0 Å². The van der Waals surface area contributed by atoms with E-state index in [0.717, 1.165) is 11.7 Å². The van der Waals surface area contributed by atoms with Gasteiger partial charge in [0, 0.05) is 22.5 Å². The van der Waals surface area contributed by atoms with Gasteiger partial charge in [0.15, 0.2) is 0 Å². The first-order chi connectivity index (χ1) is 3.93. The third kappa shape index (κ3) is 1.90. The highest BCUT2D eigenvalue weighted by Crippen LogP contribution is 2.25. The minimum absolute atomic E-state index is 0.855. The van der Waals surface area contributed by atoms with Crippen LogP contribution < -0.4 is 0 Å². The first-order valence-corrected chi connectivity index (χ1v) is 5.12. The fourth-order valence-electron chi connectivity index (χ4n) is 0.703. The average molecular weight is 147 g/mol. The highest BCUT2D eigenvalue weighted by Gasteiger charge is 2.10. The van der Waals surface area contributed by atoms with Crippen molar-refractivity contribution in [1.29, 1.82) is 0 Å². The Morgan fingerprint density at radius 2 is 2.38 bits per heavy atom. The summed E-state index contributed by atoms with van der Waals surface area (Å²) in [6, 6.07) is 0. The second-order valence-corrected chi connectivity index (χ2v) is 4.41. The second kappa shape index (κ2) is 3.67. The molecule has 8 heavy (non-hydrogen) atoms. The predicted octanol–water partition coefficient (Wildman–Crippen LogP) is 2.06. The fraction of sp³-hybridized carbons (Fsp3) is 0.833. The Hall–Kier alpha value is 0.700. The molecule has 0 amide bonds. The van der Waals surface area contributed by atoms with E-state index in [1.165, 1.54) is 17.3 Å². The zero-order valence-electron chi connectivity index (χ0n) is 4.93.